The predicted octanol–water partition coefficient (Wildman–Crippen LogP) is 2.75. The molecule has 0 saturated carbocycles. The van der Waals surface area contributed by atoms with Crippen LogP contribution in [-0.2, 0) is 4.79 Å². The third-order valence-corrected chi connectivity index (χ3v) is 3.51. The van der Waals surface area contributed by atoms with Gasteiger partial charge in [0, 0.05) is 19.7 Å². The van der Waals surface area contributed by atoms with Crippen LogP contribution in [-0.4, -0.2) is 37.4 Å². The fourth-order valence-electron chi connectivity index (χ4n) is 2.03. The number of hydrogen-bond acceptors (Lipinski definition) is 2. The monoisotopic (exact) mass is 290 g/mol. The Balaban J connectivity index is 2.96. The van der Waals surface area contributed by atoms with Crippen LogP contribution in [0.1, 0.15) is 61.0 Å². The third kappa shape index (κ3) is 4.59. The lowest BCUT2D eigenvalue weighted by atomic mass is 9.91. The maximum atomic E-state index is 12.3. The number of likely N-dealkylation sites (N-methyl/N-ethyl adjacent to an activating group) is 1. The molecule has 0 aromatic heterocycles. The van der Waals surface area contributed by atoms with Crippen LogP contribution in [0.15, 0.2) is 18.2 Å². The van der Waals surface area contributed by atoms with Crippen molar-refractivity contribution in [1.82, 2.24) is 10.2 Å². The summed E-state index contributed by atoms with van der Waals surface area (Å²) in [5.41, 5.74) is 2.90. The summed E-state index contributed by atoms with van der Waals surface area (Å²) in [7, 11) is 3.34. The molecule has 1 aromatic rings. The van der Waals surface area contributed by atoms with E-state index in [-0.39, 0.29) is 24.3 Å². The van der Waals surface area contributed by atoms with Crippen LogP contribution in [0.25, 0.3) is 0 Å². The Bertz CT molecular complexity index is 520. The summed E-state index contributed by atoms with van der Waals surface area (Å²) < 4.78 is 0. The fraction of sp³-hybridized carbons (Fsp3) is 0.529. The molecule has 0 aliphatic carbocycles. The van der Waals surface area contributed by atoms with Gasteiger partial charge in [-0.25, -0.2) is 0 Å². The normalized spacial score (nSPS) is 10.9. The summed E-state index contributed by atoms with van der Waals surface area (Å²) in [6, 6.07) is 5.94. The van der Waals surface area contributed by atoms with Gasteiger partial charge in [0.1, 0.15) is 0 Å². The van der Waals surface area contributed by atoms with E-state index in [0.29, 0.717) is 11.5 Å². The summed E-state index contributed by atoms with van der Waals surface area (Å²) in [6.45, 7) is 8.43. The third-order valence-electron chi connectivity index (χ3n) is 3.51. The van der Waals surface area contributed by atoms with Crippen LogP contribution in [0.2, 0.25) is 0 Å². The fourth-order valence-corrected chi connectivity index (χ4v) is 2.03. The highest BCUT2D eigenvalue weighted by atomic mass is 16.2. The van der Waals surface area contributed by atoms with Crippen LogP contribution in [0.4, 0.5) is 0 Å². The molecule has 0 saturated heterocycles. The van der Waals surface area contributed by atoms with E-state index in [4.69, 9.17) is 0 Å². The van der Waals surface area contributed by atoms with Gasteiger partial charge in [0.2, 0.25) is 5.91 Å². The minimum Gasteiger partial charge on any atom is -0.347 e. The first kappa shape index (κ1) is 17.2. The SMILES string of the molecule is CC(C)c1ccc(C(=O)NCC(=O)N(C)C)c(C(C)C)c1. The van der Waals surface area contributed by atoms with Gasteiger partial charge in [-0.2, -0.15) is 0 Å². The molecule has 0 aliphatic rings. The molecule has 0 atom stereocenters. The van der Waals surface area contributed by atoms with Gasteiger partial charge in [0.05, 0.1) is 6.54 Å². The average molecular weight is 290 g/mol. The predicted molar refractivity (Wildman–Crippen MR) is 85.6 cm³/mol. The number of rotatable bonds is 5. The molecule has 0 unspecified atom stereocenters. The van der Waals surface area contributed by atoms with Crippen LogP contribution >= 0.6 is 0 Å². The van der Waals surface area contributed by atoms with E-state index in [0.717, 1.165) is 5.56 Å². The van der Waals surface area contributed by atoms with E-state index in [9.17, 15) is 9.59 Å². The molecule has 1 N–H and O–H groups in total. The van der Waals surface area contributed by atoms with Crippen LogP contribution in [0, 0.1) is 0 Å². The minimum atomic E-state index is -0.191. The Morgan fingerprint density at radius 1 is 1.10 bits per heavy atom. The van der Waals surface area contributed by atoms with Gasteiger partial charge in [-0.3, -0.25) is 9.59 Å². The number of hydrogen-bond donors (Lipinski definition) is 1. The smallest absolute Gasteiger partial charge is 0.252 e. The maximum absolute atomic E-state index is 12.3. The number of nitrogens with one attached hydrogen (secondary N) is 1. The zero-order valence-corrected chi connectivity index (χ0v) is 13.9. The van der Waals surface area contributed by atoms with Gasteiger partial charge >= 0.3 is 0 Å². The highest BCUT2D eigenvalue weighted by molar-refractivity contribution is 5.97. The van der Waals surface area contributed by atoms with Crippen molar-refractivity contribution in [3.8, 4) is 0 Å². The Morgan fingerprint density at radius 3 is 2.19 bits per heavy atom. The minimum absolute atomic E-state index is 0.0231. The number of carbonyl (C=O) groups excluding carboxylic acids is 2. The van der Waals surface area contributed by atoms with Crippen molar-refractivity contribution in [2.24, 2.45) is 0 Å². The highest BCUT2D eigenvalue weighted by Gasteiger charge is 2.16. The lowest BCUT2D eigenvalue weighted by Gasteiger charge is -2.17. The molecular weight excluding hydrogens is 264 g/mol. The second-order valence-corrected chi connectivity index (χ2v) is 6.13. The van der Waals surface area contributed by atoms with Crippen molar-refractivity contribution in [2.45, 2.75) is 39.5 Å². The summed E-state index contributed by atoms with van der Waals surface area (Å²) in [5.74, 6) is 0.376. The maximum Gasteiger partial charge on any atom is 0.252 e. The molecule has 0 aliphatic heterocycles. The second kappa shape index (κ2) is 7.25. The zero-order valence-electron chi connectivity index (χ0n) is 13.9. The molecule has 0 bridgehead atoms. The van der Waals surface area contributed by atoms with E-state index in [2.05, 4.69) is 39.1 Å². The molecule has 0 fully saturated rings. The molecule has 0 radical (unpaired) electrons. The van der Waals surface area contributed by atoms with Gasteiger partial charge in [0.15, 0.2) is 0 Å². The molecule has 4 heteroatoms. The summed E-state index contributed by atoms with van der Waals surface area (Å²) in [6.07, 6.45) is 0. The van der Waals surface area contributed by atoms with Crippen molar-refractivity contribution in [3.63, 3.8) is 0 Å². The molecule has 1 rings (SSSR count). The first-order valence-electron chi connectivity index (χ1n) is 7.36. The van der Waals surface area contributed by atoms with Crippen molar-refractivity contribution < 1.29 is 9.59 Å². The van der Waals surface area contributed by atoms with Gasteiger partial charge in [0.25, 0.3) is 5.91 Å². The quantitative estimate of drug-likeness (QED) is 0.906. The average Bonchev–Trinajstić information content (AvgIpc) is 2.43. The molecule has 0 heterocycles. The summed E-state index contributed by atoms with van der Waals surface area (Å²) in [4.78, 5) is 25.3. The number of amides is 2. The Morgan fingerprint density at radius 2 is 1.71 bits per heavy atom. The molecule has 21 heavy (non-hydrogen) atoms. The number of carbonyl (C=O) groups is 2. The van der Waals surface area contributed by atoms with E-state index < -0.39 is 0 Å². The first-order valence-corrected chi connectivity index (χ1v) is 7.36. The van der Waals surface area contributed by atoms with Crippen LogP contribution in [0.3, 0.4) is 0 Å². The van der Waals surface area contributed by atoms with Gasteiger partial charge in [-0.15, -0.1) is 0 Å². The van der Waals surface area contributed by atoms with Crippen molar-refractivity contribution in [1.29, 1.82) is 0 Å². The molecule has 2 amide bonds. The lowest BCUT2D eigenvalue weighted by Crippen LogP contribution is -2.36. The molecule has 0 spiro atoms. The van der Waals surface area contributed by atoms with Gasteiger partial charge in [-0.05, 0) is 29.0 Å². The largest absolute Gasteiger partial charge is 0.347 e. The Labute approximate surface area is 127 Å². The van der Waals surface area contributed by atoms with E-state index in [1.54, 1.807) is 14.1 Å². The molecule has 116 valence electrons. The van der Waals surface area contributed by atoms with Gasteiger partial charge in [-0.1, -0.05) is 39.8 Å². The van der Waals surface area contributed by atoms with Crippen molar-refractivity contribution in [2.75, 3.05) is 20.6 Å². The van der Waals surface area contributed by atoms with Crippen LogP contribution < -0.4 is 5.32 Å². The topological polar surface area (TPSA) is 49.4 Å². The Hall–Kier alpha value is -1.84. The second-order valence-electron chi connectivity index (χ2n) is 6.13. The van der Waals surface area contributed by atoms with E-state index in [1.165, 1.54) is 10.5 Å². The zero-order chi connectivity index (χ0) is 16.2. The molecular formula is C17H26N2O2. The summed E-state index contributed by atoms with van der Waals surface area (Å²) in [5, 5.41) is 2.69. The lowest BCUT2D eigenvalue weighted by molar-refractivity contribution is -0.127. The summed E-state index contributed by atoms with van der Waals surface area (Å²) >= 11 is 0. The highest BCUT2D eigenvalue weighted by Crippen LogP contribution is 2.24. The molecule has 4 nitrogen and oxygen atoms in total. The van der Waals surface area contributed by atoms with Crippen LogP contribution in [0.5, 0.6) is 0 Å². The number of benzene rings is 1. The molecule has 1 aromatic carbocycles. The van der Waals surface area contributed by atoms with E-state index in [1.807, 2.05) is 12.1 Å². The first-order chi connectivity index (χ1) is 9.73. The van der Waals surface area contributed by atoms with Crippen molar-refractivity contribution in [3.05, 3.63) is 34.9 Å². The van der Waals surface area contributed by atoms with Gasteiger partial charge < -0.3 is 10.2 Å². The number of nitrogens with zero attached hydrogens (tertiary/aromatic N) is 1. The standard InChI is InChI=1S/C17H26N2O2/c1-11(2)13-7-8-14(15(9-13)12(3)4)17(21)18-10-16(20)19(5)6/h7-9,11-12H,10H2,1-6H3,(H,18,21). The van der Waals surface area contributed by atoms with Crippen molar-refractivity contribution >= 4 is 11.8 Å². The van der Waals surface area contributed by atoms with E-state index >= 15 is 0 Å². The Kier molecular flexibility index (Phi) is 5.94.